The highest BCUT2D eigenvalue weighted by Gasteiger charge is 2.48. The largest absolute Gasteiger partial charge is 0.306 e. The number of hydrogen-bond donors (Lipinski definition) is 1. The van der Waals surface area contributed by atoms with Gasteiger partial charge in [0.1, 0.15) is 0 Å². The second kappa shape index (κ2) is 5.00. The molecule has 1 N–H and O–H groups in total. The van der Waals surface area contributed by atoms with E-state index in [4.69, 9.17) is 0 Å². The maximum absolute atomic E-state index is 4.29. The molecule has 1 unspecified atom stereocenters. The molecule has 100 valence electrons. The van der Waals surface area contributed by atoms with E-state index < -0.39 is 0 Å². The SMILES string of the molecule is CCCn1nncc1C1(C2CC2)CCCCCN1. The normalized spacial score (nSPS) is 29.2. The molecule has 0 aromatic carbocycles. The van der Waals surface area contributed by atoms with E-state index in [1.807, 2.05) is 6.20 Å². The predicted octanol–water partition coefficient (Wildman–Crippen LogP) is 2.46. The van der Waals surface area contributed by atoms with E-state index in [0.29, 0.717) is 0 Å². The van der Waals surface area contributed by atoms with Crippen molar-refractivity contribution in [3.05, 3.63) is 11.9 Å². The van der Waals surface area contributed by atoms with Crippen LogP contribution in [0.1, 0.15) is 57.6 Å². The summed E-state index contributed by atoms with van der Waals surface area (Å²) in [5.74, 6) is 0.810. The summed E-state index contributed by atoms with van der Waals surface area (Å²) in [6.07, 6.45) is 11.1. The molecule has 4 heteroatoms. The second-order valence-corrected chi connectivity index (χ2v) is 5.83. The van der Waals surface area contributed by atoms with Crippen LogP contribution in [0.3, 0.4) is 0 Å². The highest BCUT2D eigenvalue weighted by atomic mass is 15.4. The van der Waals surface area contributed by atoms with Crippen molar-refractivity contribution in [1.29, 1.82) is 0 Å². The van der Waals surface area contributed by atoms with Crippen molar-refractivity contribution >= 4 is 0 Å². The van der Waals surface area contributed by atoms with Gasteiger partial charge in [0.05, 0.1) is 17.4 Å². The van der Waals surface area contributed by atoms with Gasteiger partial charge in [-0.05, 0) is 44.6 Å². The van der Waals surface area contributed by atoms with E-state index in [-0.39, 0.29) is 5.54 Å². The van der Waals surface area contributed by atoms with E-state index in [2.05, 4.69) is 27.2 Å². The zero-order chi connectivity index (χ0) is 12.4. The van der Waals surface area contributed by atoms with Crippen molar-refractivity contribution in [2.45, 2.75) is 64.0 Å². The Labute approximate surface area is 109 Å². The molecule has 0 amide bonds. The fourth-order valence-electron chi connectivity index (χ4n) is 3.44. The van der Waals surface area contributed by atoms with Gasteiger partial charge in [-0.25, -0.2) is 4.68 Å². The van der Waals surface area contributed by atoms with E-state index in [1.54, 1.807) is 0 Å². The quantitative estimate of drug-likeness (QED) is 0.890. The molecule has 1 aromatic heterocycles. The van der Waals surface area contributed by atoms with Gasteiger partial charge in [-0.2, -0.15) is 0 Å². The summed E-state index contributed by atoms with van der Waals surface area (Å²) in [6.45, 7) is 4.34. The van der Waals surface area contributed by atoms with Crippen molar-refractivity contribution in [1.82, 2.24) is 20.3 Å². The minimum atomic E-state index is 0.176. The lowest BCUT2D eigenvalue weighted by atomic mass is 9.85. The molecule has 0 bridgehead atoms. The average Bonchev–Trinajstić information content (AvgIpc) is 3.16. The average molecular weight is 248 g/mol. The summed E-state index contributed by atoms with van der Waals surface area (Å²) in [5, 5.41) is 12.3. The first-order valence-corrected chi connectivity index (χ1v) is 7.51. The number of aromatic nitrogens is 3. The number of nitrogens with one attached hydrogen (secondary N) is 1. The van der Waals surface area contributed by atoms with Crippen molar-refractivity contribution in [2.24, 2.45) is 5.92 Å². The second-order valence-electron chi connectivity index (χ2n) is 5.83. The summed E-state index contributed by atoms with van der Waals surface area (Å²) in [4.78, 5) is 0. The third kappa shape index (κ3) is 2.07. The van der Waals surface area contributed by atoms with Gasteiger partial charge in [0.25, 0.3) is 0 Å². The number of nitrogens with zero attached hydrogens (tertiary/aromatic N) is 3. The van der Waals surface area contributed by atoms with Crippen molar-refractivity contribution in [3.63, 3.8) is 0 Å². The fraction of sp³-hybridized carbons (Fsp3) is 0.857. The van der Waals surface area contributed by atoms with Crippen LogP contribution in [0.2, 0.25) is 0 Å². The van der Waals surface area contributed by atoms with Crippen molar-refractivity contribution in [2.75, 3.05) is 6.54 Å². The minimum Gasteiger partial charge on any atom is -0.306 e. The molecule has 1 aromatic rings. The molecule has 4 nitrogen and oxygen atoms in total. The topological polar surface area (TPSA) is 42.7 Å². The van der Waals surface area contributed by atoms with Gasteiger partial charge >= 0.3 is 0 Å². The van der Waals surface area contributed by atoms with Crippen LogP contribution in [-0.2, 0) is 12.1 Å². The van der Waals surface area contributed by atoms with Gasteiger partial charge in [-0.3, -0.25) is 0 Å². The first-order chi connectivity index (χ1) is 8.87. The Kier molecular flexibility index (Phi) is 3.37. The Balaban J connectivity index is 1.94. The Morgan fingerprint density at radius 1 is 1.39 bits per heavy atom. The van der Waals surface area contributed by atoms with Gasteiger partial charge in [-0.15, -0.1) is 5.10 Å². The Morgan fingerprint density at radius 3 is 3.06 bits per heavy atom. The molecule has 1 atom stereocenters. The number of rotatable bonds is 4. The minimum absolute atomic E-state index is 0.176. The molecule has 2 heterocycles. The smallest absolute Gasteiger partial charge is 0.0790 e. The van der Waals surface area contributed by atoms with Crippen LogP contribution in [-0.4, -0.2) is 21.5 Å². The molecular weight excluding hydrogens is 224 g/mol. The van der Waals surface area contributed by atoms with Gasteiger partial charge in [0, 0.05) is 6.54 Å². The van der Waals surface area contributed by atoms with Crippen LogP contribution in [0.25, 0.3) is 0 Å². The van der Waals surface area contributed by atoms with E-state index in [0.717, 1.165) is 25.4 Å². The molecule has 1 aliphatic carbocycles. The van der Waals surface area contributed by atoms with Crippen molar-refractivity contribution in [3.8, 4) is 0 Å². The Bertz CT molecular complexity index is 386. The van der Waals surface area contributed by atoms with Crippen LogP contribution < -0.4 is 5.32 Å². The first-order valence-electron chi connectivity index (χ1n) is 7.51. The molecule has 1 saturated heterocycles. The summed E-state index contributed by atoms with van der Waals surface area (Å²) in [6, 6.07) is 0. The molecule has 1 aliphatic heterocycles. The number of hydrogen-bond acceptors (Lipinski definition) is 3. The fourth-order valence-corrected chi connectivity index (χ4v) is 3.44. The van der Waals surface area contributed by atoms with Crippen LogP contribution in [0.4, 0.5) is 0 Å². The highest BCUT2D eigenvalue weighted by molar-refractivity contribution is 5.18. The predicted molar refractivity (Wildman–Crippen MR) is 71.2 cm³/mol. The zero-order valence-corrected chi connectivity index (χ0v) is 11.4. The van der Waals surface area contributed by atoms with Gasteiger partial charge in [0.15, 0.2) is 0 Å². The maximum atomic E-state index is 4.29. The van der Waals surface area contributed by atoms with Crippen LogP contribution in [0, 0.1) is 5.92 Å². The van der Waals surface area contributed by atoms with E-state index >= 15 is 0 Å². The Morgan fingerprint density at radius 2 is 2.28 bits per heavy atom. The monoisotopic (exact) mass is 248 g/mol. The van der Waals surface area contributed by atoms with E-state index in [1.165, 1.54) is 44.2 Å². The standard InChI is InChI=1S/C14H24N4/c1-2-10-18-13(11-16-17-18)14(12-6-7-12)8-4-3-5-9-15-14/h11-12,15H,2-10H2,1H3. The third-order valence-electron chi connectivity index (χ3n) is 4.47. The van der Waals surface area contributed by atoms with Crippen LogP contribution >= 0.6 is 0 Å². The van der Waals surface area contributed by atoms with E-state index in [9.17, 15) is 0 Å². The lowest BCUT2D eigenvalue weighted by molar-refractivity contribution is 0.256. The molecule has 0 radical (unpaired) electrons. The summed E-state index contributed by atoms with van der Waals surface area (Å²) < 4.78 is 2.14. The molecule has 2 aliphatic rings. The van der Waals surface area contributed by atoms with Crippen molar-refractivity contribution < 1.29 is 0 Å². The van der Waals surface area contributed by atoms with Gasteiger partial charge < -0.3 is 5.32 Å². The van der Waals surface area contributed by atoms with Crippen LogP contribution in [0.15, 0.2) is 6.20 Å². The molecule has 18 heavy (non-hydrogen) atoms. The molecule has 0 spiro atoms. The molecule has 1 saturated carbocycles. The zero-order valence-electron chi connectivity index (χ0n) is 11.4. The summed E-state index contributed by atoms with van der Waals surface area (Å²) >= 11 is 0. The summed E-state index contributed by atoms with van der Waals surface area (Å²) in [7, 11) is 0. The lowest BCUT2D eigenvalue weighted by Crippen LogP contribution is -2.45. The third-order valence-corrected chi connectivity index (χ3v) is 4.47. The molecular formula is C14H24N4. The Hall–Kier alpha value is -0.900. The molecule has 2 fully saturated rings. The summed E-state index contributed by atoms with van der Waals surface area (Å²) in [5.41, 5.74) is 1.52. The molecule has 3 rings (SSSR count). The van der Waals surface area contributed by atoms with Crippen LogP contribution in [0.5, 0.6) is 0 Å². The van der Waals surface area contributed by atoms with Gasteiger partial charge in [0.2, 0.25) is 0 Å². The number of aryl methyl sites for hydroxylation is 1. The lowest BCUT2D eigenvalue weighted by Gasteiger charge is -2.34. The maximum Gasteiger partial charge on any atom is 0.0790 e. The highest BCUT2D eigenvalue weighted by Crippen LogP contribution is 2.49. The first kappa shape index (κ1) is 12.2. The van der Waals surface area contributed by atoms with Gasteiger partial charge in [-0.1, -0.05) is 25.0 Å².